The van der Waals surface area contributed by atoms with Crippen molar-refractivity contribution in [1.82, 2.24) is 0 Å². The summed E-state index contributed by atoms with van der Waals surface area (Å²) in [7, 11) is 0. The average Bonchev–Trinajstić information content (AvgIpc) is 2.74. The highest BCUT2D eigenvalue weighted by atomic mass is 32.2. The van der Waals surface area contributed by atoms with Gasteiger partial charge in [0.1, 0.15) is 6.04 Å². The van der Waals surface area contributed by atoms with Gasteiger partial charge in [-0.2, -0.15) is 0 Å². The number of carbonyl (C=O) groups excluding carboxylic acids is 1. The normalized spacial score (nSPS) is 16.8. The number of thioether (sulfide) groups is 1. The van der Waals surface area contributed by atoms with Gasteiger partial charge >= 0.3 is 0 Å². The summed E-state index contributed by atoms with van der Waals surface area (Å²) < 4.78 is 0. The number of rotatable bonds is 5. The number of carbonyl (C=O) groups is 1. The molecule has 0 bridgehead atoms. The first-order valence-electron chi connectivity index (χ1n) is 9.70. The van der Waals surface area contributed by atoms with E-state index in [-0.39, 0.29) is 18.0 Å². The molecule has 0 unspecified atom stereocenters. The van der Waals surface area contributed by atoms with E-state index in [2.05, 4.69) is 34.9 Å². The number of hydrogen-bond donors (Lipinski definition) is 2. The molecule has 1 amide bonds. The number of anilines is 1. The molecule has 2 atom stereocenters. The third kappa shape index (κ3) is 4.29. The molecular weight excluding hydrogens is 364 g/mol. The maximum Gasteiger partial charge on any atom is 0.287 e. The molecular formula is C24H25N2OS+. The molecule has 142 valence electrons. The van der Waals surface area contributed by atoms with Crippen molar-refractivity contribution in [3.8, 4) is 0 Å². The monoisotopic (exact) mass is 389 g/mol. The van der Waals surface area contributed by atoms with Gasteiger partial charge in [-0.25, -0.2) is 0 Å². The van der Waals surface area contributed by atoms with Gasteiger partial charge in [-0.1, -0.05) is 66.2 Å². The molecule has 0 radical (unpaired) electrons. The molecule has 3 N–H and O–H groups in total. The number of nitrogens with one attached hydrogen (secondary N) is 1. The van der Waals surface area contributed by atoms with Gasteiger partial charge in [-0.15, -0.1) is 11.8 Å². The van der Waals surface area contributed by atoms with E-state index in [9.17, 15) is 4.79 Å². The minimum Gasteiger partial charge on any atom is -0.326 e. The van der Waals surface area contributed by atoms with Crippen LogP contribution in [0, 0.1) is 6.92 Å². The predicted octanol–water partition coefficient (Wildman–Crippen LogP) is 4.48. The number of aryl methyl sites for hydroxylation is 1. The van der Waals surface area contributed by atoms with Crippen molar-refractivity contribution in [2.45, 2.75) is 30.3 Å². The second-order valence-corrected chi connectivity index (χ2v) is 8.35. The molecule has 3 aromatic rings. The standard InChI is InChI=1S/C24H24N2OS/c1-17-11-13-19(14-12-17)25-24(27)23(18-7-3-2-4-8-18)26-21-15-16-28-22-10-6-5-9-20(21)22/h2-14,21,23,26H,15-16H2,1H3,(H,25,27)/p+1/t21-,23-/m0/s1. The summed E-state index contributed by atoms with van der Waals surface area (Å²) in [5.74, 6) is 1.10. The van der Waals surface area contributed by atoms with Gasteiger partial charge in [0.25, 0.3) is 5.91 Å². The third-order valence-electron chi connectivity index (χ3n) is 5.19. The Morgan fingerprint density at radius 1 is 1.00 bits per heavy atom. The van der Waals surface area contributed by atoms with Gasteiger partial charge in [-0.05, 0) is 25.1 Å². The lowest BCUT2D eigenvalue weighted by atomic mass is 9.99. The van der Waals surface area contributed by atoms with E-state index in [1.165, 1.54) is 16.0 Å². The van der Waals surface area contributed by atoms with E-state index in [1.54, 1.807) is 0 Å². The van der Waals surface area contributed by atoms with Crippen molar-refractivity contribution in [1.29, 1.82) is 0 Å². The highest BCUT2D eigenvalue weighted by Gasteiger charge is 2.31. The van der Waals surface area contributed by atoms with Crippen molar-refractivity contribution in [2.75, 3.05) is 11.1 Å². The lowest BCUT2D eigenvalue weighted by Crippen LogP contribution is -2.88. The second kappa shape index (κ2) is 8.63. The molecule has 4 heteroatoms. The molecule has 0 aromatic heterocycles. The van der Waals surface area contributed by atoms with Gasteiger partial charge in [0.2, 0.25) is 0 Å². The Balaban J connectivity index is 1.60. The van der Waals surface area contributed by atoms with Crippen LogP contribution in [-0.4, -0.2) is 11.7 Å². The van der Waals surface area contributed by atoms with Crippen LogP contribution < -0.4 is 10.6 Å². The lowest BCUT2D eigenvalue weighted by Gasteiger charge is -2.27. The fourth-order valence-electron chi connectivity index (χ4n) is 3.67. The third-order valence-corrected chi connectivity index (χ3v) is 6.31. The first-order chi connectivity index (χ1) is 13.7. The van der Waals surface area contributed by atoms with Crippen molar-refractivity contribution >= 4 is 23.4 Å². The number of benzene rings is 3. The van der Waals surface area contributed by atoms with Crippen LogP contribution in [0.1, 0.15) is 35.2 Å². The Labute approximate surface area is 170 Å². The van der Waals surface area contributed by atoms with Crippen LogP contribution in [-0.2, 0) is 4.79 Å². The van der Waals surface area contributed by atoms with E-state index < -0.39 is 0 Å². The molecule has 28 heavy (non-hydrogen) atoms. The maximum absolute atomic E-state index is 13.2. The van der Waals surface area contributed by atoms with Gasteiger partial charge in [0.05, 0.1) is 0 Å². The van der Waals surface area contributed by atoms with Crippen LogP contribution in [0.5, 0.6) is 0 Å². The number of fused-ring (bicyclic) bond motifs is 1. The molecule has 0 saturated carbocycles. The molecule has 3 aromatic carbocycles. The van der Waals surface area contributed by atoms with Crippen LogP contribution in [0.4, 0.5) is 5.69 Å². The van der Waals surface area contributed by atoms with Gasteiger partial charge < -0.3 is 10.6 Å². The summed E-state index contributed by atoms with van der Waals surface area (Å²) in [4.78, 5) is 14.6. The highest BCUT2D eigenvalue weighted by Crippen LogP contribution is 2.34. The van der Waals surface area contributed by atoms with Gasteiger partial charge in [-0.3, -0.25) is 4.79 Å². The zero-order chi connectivity index (χ0) is 19.3. The van der Waals surface area contributed by atoms with E-state index in [0.29, 0.717) is 0 Å². The molecule has 3 nitrogen and oxygen atoms in total. The first-order valence-corrected chi connectivity index (χ1v) is 10.7. The zero-order valence-electron chi connectivity index (χ0n) is 16.0. The Morgan fingerprint density at radius 2 is 1.71 bits per heavy atom. The molecule has 0 fully saturated rings. The van der Waals surface area contributed by atoms with Crippen LogP contribution in [0.3, 0.4) is 0 Å². The van der Waals surface area contributed by atoms with Crippen LogP contribution >= 0.6 is 11.8 Å². The Hall–Kier alpha value is -2.56. The number of hydrogen-bond acceptors (Lipinski definition) is 2. The fraction of sp³-hybridized carbons (Fsp3) is 0.208. The van der Waals surface area contributed by atoms with Crippen LogP contribution in [0.2, 0.25) is 0 Å². The highest BCUT2D eigenvalue weighted by molar-refractivity contribution is 7.99. The lowest BCUT2D eigenvalue weighted by molar-refractivity contribution is -0.722. The van der Waals surface area contributed by atoms with Gasteiger partial charge in [0.15, 0.2) is 6.04 Å². The van der Waals surface area contributed by atoms with Crippen molar-refractivity contribution in [3.05, 3.63) is 95.6 Å². The minimum atomic E-state index is -0.288. The summed E-state index contributed by atoms with van der Waals surface area (Å²) >= 11 is 1.91. The SMILES string of the molecule is Cc1ccc(NC(=O)[C@@H]([NH2+][C@H]2CCSc3ccccc32)c2ccccc2)cc1. The van der Waals surface area contributed by atoms with Crippen LogP contribution in [0.25, 0.3) is 0 Å². The van der Waals surface area contributed by atoms with E-state index in [1.807, 2.05) is 73.3 Å². The van der Waals surface area contributed by atoms with Crippen molar-refractivity contribution in [2.24, 2.45) is 0 Å². The van der Waals surface area contributed by atoms with E-state index in [0.717, 1.165) is 23.4 Å². The maximum atomic E-state index is 13.2. The molecule has 1 aliphatic rings. The molecule has 4 rings (SSSR count). The van der Waals surface area contributed by atoms with Gasteiger partial charge in [0, 0.05) is 33.9 Å². The summed E-state index contributed by atoms with van der Waals surface area (Å²) in [6.45, 7) is 2.05. The smallest absolute Gasteiger partial charge is 0.287 e. The Kier molecular flexibility index (Phi) is 5.79. The Bertz CT molecular complexity index is 940. The first kappa shape index (κ1) is 18.8. The molecule has 0 spiro atoms. The fourth-order valence-corrected chi connectivity index (χ4v) is 4.82. The number of amides is 1. The van der Waals surface area contributed by atoms with Crippen LogP contribution in [0.15, 0.2) is 83.8 Å². The predicted molar refractivity (Wildman–Crippen MR) is 115 cm³/mol. The van der Waals surface area contributed by atoms with Crippen molar-refractivity contribution < 1.29 is 10.1 Å². The average molecular weight is 390 g/mol. The summed E-state index contributed by atoms with van der Waals surface area (Å²) in [6.07, 6.45) is 1.06. The largest absolute Gasteiger partial charge is 0.326 e. The zero-order valence-corrected chi connectivity index (χ0v) is 16.8. The summed E-state index contributed by atoms with van der Waals surface area (Å²) in [6, 6.07) is 26.6. The second-order valence-electron chi connectivity index (χ2n) is 7.22. The number of quaternary nitrogens is 1. The number of nitrogens with two attached hydrogens (primary N) is 1. The van der Waals surface area contributed by atoms with E-state index in [4.69, 9.17) is 0 Å². The molecule has 0 saturated heterocycles. The quantitative estimate of drug-likeness (QED) is 0.676. The van der Waals surface area contributed by atoms with E-state index >= 15 is 0 Å². The minimum absolute atomic E-state index is 0.0192. The molecule has 1 heterocycles. The Morgan fingerprint density at radius 3 is 2.50 bits per heavy atom. The molecule has 0 aliphatic carbocycles. The summed E-state index contributed by atoms with van der Waals surface area (Å²) in [5.41, 5.74) is 4.38. The molecule has 1 aliphatic heterocycles. The van der Waals surface area contributed by atoms with Crippen molar-refractivity contribution in [3.63, 3.8) is 0 Å². The topological polar surface area (TPSA) is 45.7 Å². The summed E-state index contributed by atoms with van der Waals surface area (Å²) in [5, 5.41) is 5.34.